The van der Waals surface area contributed by atoms with E-state index in [1.807, 2.05) is 4.90 Å². The molecule has 10 heteroatoms. The Hall–Kier alpha value is -3.66. The maximum absolute atomic E-state index is 13.3. The first-order valence-electron chi connectivity index (χ1n) is 10.2. The number of aromatic nitrogens is 2. The Balaban J connectivity index is 1.84. The maximum Gasteiger partial charge on any atom is 0.416 e. The van der Waals surface area contributed by atoms with E-state index >= 15 is 0 Å². The first-order valence-corrected chi connectivity index (χ1v) is 10.2. The molecular formula is C23H21F3N4O3. The van der Waals surface area contributed by atoms with Gasteiger partial charge in [-0.2, -0.15) is 13.2 Å². The van der Waals surface area contributed by atoms with Gasteiger partial charge in [0.1, 0.15) is 11.4 Å². The SMILES string of the molecule is Cc1cc(=O)c(C(=O)Nc2cccc(C(F)(F)F)c2)c(N2CCOCC2)n1-c1ccncc1. The number of carbonyl (C=O) groups is 1. The van der Waals surface area contributed by atoms with Gasteiger partial charge >= 0.3 is 6.18 Å². The number of pyridine rings is 2. The first kappa shape index (κ1) is 22.5. The van der Waals surface area contributed by atoms with Crippen LogP contribution in [0.3, 0.4) is 0 Å². The van der Waals surface area contributed by atoms with Gasteiger partial charge in [-0.3, -0.25) is 19.1 Å². The number of hydrogen-bond donors (Lipinski definition) is 1. The Bertz CT molecular complexity index is 1220. The van der Waals surface area contributed by atoms with Crippen LogP contribution in [-0.4, -0.2) is 41.8 Å². The number of amides is 1. The number of alkyl halides is 3. The summed E-state index contributed by atoms with van der Waals surface area (Å²) in [4.78, 5) is 32.2. The first-order chi connectivity index (χ1) is 15.8. The van der Waals surface area contributed by atoms with E-state index in [9.17, 15) is 22.8 Å². The van der Waals surface area contributed by atoms with Crippen molar-refractivity contribution in [2.45, 2.75) is 13.1 Å². The van der Waals surface area contributed by atoms with Crippen molar-refractivity contribution in [1.82, 2.24) is 9.55 Å². The molecule has 1 aromatic carbocycles. The van der Waals surface area contributed by atoms with E-state index in [0.29, 0.717) is 43.5 Å². The fraction of sp³-hybridized carbons (Fsp3) is 0.261. The fourth-order valence-corrected chi connectivity index (χ4v) is 3.79. The molecule has 0 aliphatic carbocycles. The third kappa shape index (κ3) is 4.75. The van der Waals surface area contributed by atoms with Crippen LogP contribution in [0, 0.1) is 6.92 Å². The van der Waals surface area contributed by atoms with Crippen LogP contribution in [0.4, 0.5) is 24.7 Å². The molecule has 4 rings (SSSR count). The summed E-state index contributed by atoms with van der Waals surface area (Å²) in [6.45, 7) is 3.45. The van der Waals surface area contributed by atoms with Crippen molar-refractivity contribution in [3.05, 3.63) is 81.9 Å². The monoisotopic (exact) mass is 458 g/mol. The second-order valence-corrected chi connectivity index (χ2v) is 7.52. The molecule has 0 spiro atoms. The van der Waals surface area contributed by atoms with Crippen LogP contribution < -0.4 is 15.6 Å². The Kier molecular flexibility index (Phi) is 6.19. The number of halogens is 3. The van der Waals surface area contributed by atoms with Gasteiger partial charge < -0.3 is 15.0 Å². The second kappa shape index (κ2) is 9.07. The van der Waals surface area contributed by atoms with Crippen molar-refractivity contribution in [3.63, 3.8) is 0 Å². The van der Waals surface area contributed by atoms with Crippen LogP contribution in [-0.2, 0) is 10.9 Å². The number of ether oxygens (including phenoxy) is 1. The van der Waals surface area contributed by atoms with Gasteiger partial charge in [0.2, 0.25) is 0 Å². The molecule has 0 atom stereocenters. The van der Waals surface area contributed by atoms with Crippen LogP contribution in [0.2, 0.25) is 0 Å². The predicted molar refractivity (Wildman–Crippen MR) is 117 cm³/mol. The lowest BCUT2D eigenvalue weighted by Gasteiger charge is -2.33. The van der Waals surface area contributed by atoms with Gasteiger partial charge in [0.05, 0.1) is 24.5 Å². The number of hydrogen-bond acceptors (Lipinski definition) is 5. The van der Waals surface area contributed by atoms with Crippen molar-refractivity contribution in [3.8, 4) is 5.69 Å². The second-order valence-electron chi connectivity index (χ2n) is 7.52. The summed E-state index contributed by atoms with van der Waals surface area (Å²) >= 11 is 0. The summed E-state index contributed by atoms with van der Waals surface area (Å²) in [7, 11) is 0. The molecule has 1 fully saturated rings. The number of nitrogens with one attached hydrogen (secondary N) is 1. The molecule has 33 heavy (non-hydrogen) atoms. The molecule has 172 valence electrons. The van der Waals surface area contributed by atoms with E-state index in [1.165, 1.54) is 18.2 Å². The lowest BCUT2D eigenvalue weighted by Crippen LogP contribution is -2.41. The maximum atomic E-state index is 13.3. The molecule has 2 aromatic heterocycles. The zero-order valence-corrected chi connectivity index (χ0v) is 17.7. The van der Waals surface area contributed by atoms with Crippen molar-refractivity contribution in [1.29, 1.82) is 0 Å². The Morgan fingerprint density at radius 2 is 1.79 bits per heavy atom. The molecule has 0 saturated carbocycles. The van der Waals surface area contributed by atoms with Crippen molar-refractivity contribution in [2.75, 3.05) is 36.5 Å². The topological polar surface area (TPSA) is 76.5 Å². The summed E-state index contributed by atoms with van der Waals surface area (Å²) in [5.74, 6) is -0.428. The van der Waals surface area contributed by atoms with Crippen LogP contribution in [0.25, 0.3) is 5.69 Å². The molecule has 1 amide bonds. The fourth-order valence-electron chi connectivity index (χ4n) is 3.79. The minimum Gasteiger partial charge on any atom is -0.378 e. The Morgan fingerprint density at radius 3 is 2.45 bits per heavy atom. The quantitative estimate of drug-likeness (QED) is 0.646. The van der Waals surface area contributed by atoms with Gasteiger partial charge in [-0.1, -0.05) is 6.07 Å². The van der Waals surface area contributed by atoms with E-state index in [0.717, 1.165) is 12.1 Å². The molecular weight excluding hydrogens is 437 g/mol. The van der Waals surface area contributed by atoms with Crippen molar-refractivity contribution in [2.24, 2.45) is 0 Å². The van der Waals surface area contributed by atoms with Crippen molar-refractivity contribution < 1.29 is 22.7 Å². The average molecular weight is 458 g/mol. The van der Waals surface area contributed by atoms with Crippen LogP contribution in [0.15, 0.2) is 59.7 Å². The minimum absolute atomic E-state index is 0.0572. The Morgan fingerprint density at radius 1 is 1.09 bits per heavy atom. The van der Waals surface area contributed by atoms with Gasteiger partial charge in [0.25, 0.3) is 5.91 Å². The minimum atomic E-state index is -4.56. The molecule has 1 aliphatic rings. The van der Waals surface area contributed by atoms with Crippen LogP contribution in [0.1, 0.15) is 21.6 Å². The smallest absolute Gasteiger partial charge is 0.378 e. The highest BCUT2D eigenvalue weighted by molar-refractivity contribution is 6.07. The summed E-state index contributed by atoms with van der Waals surface area (Å²) in [6, 6.07) is 9.12. The molecule has 0 bridgehead atoms. The number of morpholine rings is 1. The van der Waals surface area contributed by atoms with Gasteiger partial charge in [-0.15, -0.1) is 0 Å². The summed E-state index contributed by atoms with van der Waals surface area (Å²) in [5, 5.41) is 2.47. The zero-order valence-electron chi connectivity index (χ0n) is 17.7. The van der Waals surface area contributed by atoms with E-state index < -0.39 is 23.1 Å². The number of benzene rings is 1. The standard InChI is InChI=1S/C23H21F3N4O3/c1-15-13-19(31)20(21(32)28-17-4-2-3-16(14-17)23(24,25)26)22(29-9-11-33-12-10-29)30(15)18-5-7-27-8-6-18/h2-8,13-14H,9-12H2,1H3,(H,28,32). The molecule has 0 radical (unpaired) electrons. The van der Waals surface area contributed by atoms with Gasteiger partial charge in [-0.05, 0) is 37.3 Å². The average Bonchev–Trinajstić information content (AvgIpc) is 2.79. The van der Waals surface area contributed by atoms with Gasteiger partial charge in [-0.25, -0.2) is 0 Å². The highest BCUT2D eigenvalue weighted by Crippen LogP contribution is 2.31. The number of rotatable bonds is 4. The number of nitrogens with zero attached hydrogens (tertiary/aromatic N) is 3. The lowest BCUT2D eigenvalue weighted by molar-refractivity contribution is -0.137. The molecule has 7 nitrogen and oxygen atoms in total. The van der Waals surface area contributed by atoms with Gasteiger partial charge in [0.15, 0.2) is 5.43 Å². The number of carbonyl (C=O) groups excluding carboxylic acids is 1. The third-order valence-corrected chi connectivity index (χ3v) is 5.28. The van der Waals surface area contributed by atoms with E-state index in [2.05, 4.69) is 10.3 Å². The van der Waals surface area contributed by atoms with Crippen LogP contribution >= 0.6 is 0 Å². The van der Waals surface area contributed by atoms with E-state index in [-0.39, 0.29) is 11.3 Å². The molecule has 1 aliphatic heterocycles. The highest BCUT2D eigenvalue weighted by Gasteiger charge is 2.31. The number of aryl methyl sites for hydroxylation is 1. The number of anilines is 2. The lowest BCUT2D eigenvalue weighted by atomic mass is 10.1. The predicted octanol–water partition coefficient (Wildman–Crippen LogP) is 3.65. The molecule has 3 heterocycles. The third-order valence-electron chi connectivity index (χ3n) is 5.28. The molecule has 3 aromatic rings. The van der Waals surface area contributed by atoms with Crippen molar-refractivity contribution >= 4 is 17.4 Å². The highest BCUT2D eigenvalue weighted by atomic mass is 19.4. The normalized spacial score (nSPS) is 14.2. The largest absolute Gasteiger partial charge is 0.416 e. The van der Waals surface area contributed by atoms with Crippen LogP contribution in [0.5, 0.6) is 0 Å². The molecule has 1 saturated heterocycles. The summed E-state index contributed by atoms with van der Waals surface area (Å²) in [5.41, 5.74) is -0.342. The Labute approximate surface area is 187 Å². The summed E-state index contributed by atoms with van der Waals surface area (Å²) < 4.78 is 46.5. The van der Waals surface area contributed by atoms with Gasteiger partial charge in [0, 0.05) is 42.9 Å². The van der Waals surface area contributed by atoms with E-state index in [4.69, 9.17) is 4.74 Å². The molecule has 1 N–H and O–H groups in total. The molecule has 0 unspecified atom stereocenters. The van der Waals surface area contributed by atoms with E-state index in [1.54, 1.807) is 36.0 Å². The zero-order chi connectivity index (χ0) is 23.6. The summed E-state index contributed by atoms with van der Waals surface area (Å²) in [6.07, 6.45) is -1.37.